The number of nitrogens with zero attached hydrogens (tertiary/aromatic N) is 4. The summed E-state index contributed by atoms with van der Waals surface area (Å²) in [5, 5.41) is 14.4. The molecular weight excluding hydrogens is 394 g/mol. The van der Waals surface area contributed by atoms with Gasteiger partial charge >= 0.3 is 0 Å². The van der Waals surface area contributed by atoms with E-state index in [-0.39, 0.29) is 17.8 Å². The molecule has 0 saturated carbocycles. The van der Waals surface area contributed by atoms with Crippen LogP contribution in [0.5, 0.6) is 0 Å². The van der Waals surface area contributed by atoms with Crippen molar-refractivity contribution in [2.75, 3.05) is 11.9 Å². The zero-order valence-corrected chi connectivity index (χ0v) is 17.9. The predicted octanol–water partition coefficient (Wildman–Crippen LogP) is 2.72. The van der Waals surface area contributed by atoms with Crippen molar-refractivity contribution in [3.63, 3.8) is 0 Å². The number of hydrogen-bond acceptors (Lipinski definition) is 6. The third kappa shape index (κ3) is 9.21. The maximum absolute atomic E-state index is 12.1. The Morgan fingerprint density at radius 1 is 1.19 bits per heavy atom. The van der Waals surface area contributed by atoms with Gasteiger partial charge in [-0.1, -0.05) is 26.2 Å². The Balaban J connectivity index is 1.59. The molecule has 3 N–H and O–H groups in total. The smallest absolute Gasteiger partial charge is 0.254 e. The first-order chi connectivity index (χ1) is 15.1. The molecule has 0 amide bonds. The Bertz CT molecular complexity index is 948. The number of aromatic amines is 1. The summed E-state index contributed by atoms with van der Waals surface area (Å²) in [4.78, 5) is 39.0. The first-order valence-corrected chi connectivity index (χ1v) is 10.6. The number of nitriles is 1. The Morgan fingerprint density at radius 3 is 2.65 bits per heavy atom. The number of nitrogens with one attached hydrogen (secondary N) is 3. The van der Waals surface area contributed by atoms with Crippen LogP contribution in [0.15, 0.2) is 40.5 Å². The van der Waals surface area contributed by atoms with Crippen molar-refractivity contribution in [3.05, 3.63) is 52.5 Å². The van der Waals surface area contributed by atoms with Crippen LogP contribution in [0.4, 0.5) is 5.69 Å². The topological polar surface area (TPSA) is 136 Å². The number of aliphatic imine (C=N–C) groups is 1. The van der Waals surface area contributed by atoms with Crippen molar-refractivity contribution >= 4 is 17.4 Å². The van der Waals surface area contributed by atoms with Gasteiger partial charge in [-0.3, -0.25) is 24.9 Å². The number of Topliss-reactive ketones (excluding diaryl/α,β-unsaturated/α-hetero) is 1. The fraction of sp³-hybridized carbons (Fsp3) is 0.455. The highest BCUT2D eigenvalue weighted by molar-refractivity contribution is 5.94. The van der Waals surface area contributed by atoms with Crippen molar-refractivity contribution in [1.82, 2.24) is 20.3 Å². The fourth-order valence-corrected chi connectivity index (χ4v) is 2.97. The van der Waals surface area contributed by atoms with E-state index < -0.39 is 0 Å². The number of aryl methyl sites for hydroxylation is 1. The number of H-pyrrole nitrogens is 1. The minimum atomic E-state index is -0.160. The lowest BCUT2D eigenvalue weighted by molar-refractivity contribution is -0.118. The molecule has 0 atom stereocenters. The van der Waals surface area contributed by atoms with Gasteiger partial charge in [-0.05, 0) is 31.4 Å². The Labute approximate surface area is 182 Å². The van der Waals surface area contributed by atoms with E-state index in [1.807, 2.05) is 13.1 Å². The second-order valence-corrected chi connectivity index (χ2v) is 7.10. The van der Waals surface area contributed by atoms with Crippen LogP contribution < -0.4 is 16.2 Å². The second kappa shape index (κ2) is 13.6. The summed E-state index contributed by atoms with van der Waals surface area (Å²) in [5.41, 5.74) is 1.28. The molecule has 0 aliphatic rings. The molecule has 0 bridgehead atoms. The van der Waals surface area contributed by atoms with Crippen molar-refractivity contribution in [3.8, 4) is 6.19 Å². The summed E-state index contributed by atoms with van der Waals surface area (Å²) >= 11 is 0. The number of ketones is 1. The van der Waals surface area contributed by atoms with Gasteiger partial charge in [-0.25, -0.2) is 4.98 Å². The van der Waals surface area contributed by atoms with Crippen LogP contribution in [0.3, 0.4) is 0 Å². The molecule has 2 aromatic heterocycles. The van der Waals surface area contributed by atoms with Gasteiger partial charge in [0, 0.05) is 42.8 Å². The Morgan fingerprint density at radius 2 is 1.94 bits per heavy atom. The molecule has 0 unspecified atom stereocenters. The van der Waals surface area contributed by atoms with Crippen LogP contribution in [-0.4, -0.2) is 33.2 Å². The third-order valence-corrected chi connectivity index (χ3v) is 4.67. The van der Waals surface area contributed by atoms with Crippen LogP contribution in [0.1, 0.15) is 56.8 Å². The number of hydrogen-bond donors (Lipinski definition) is 3. The number of pyridine rings is 1. The van der Waals surface area contributed by atoms with Gasteiger partial charge in [-0.2, -0.15) is 5.26 Å². The summed E-state index contributed by atoms with van der Waals surface area (Å²) in [6.07, 6.45) is 12.7. The summed E-state index contributed by atoms with van der Waals surface area (Å²) < 4.78 is 0. The van der Waals surface area contributed by atoms with Crippen molar-refractivity contribution < 1.29 is 4.79 Å². The SMILES string of the molecule is CCc1cnc(CC(=O)CCCCCCCN=C(NC#N)Nc2ccncc2)[nH]c1=O. The van der Waals surface area contributed by atoms with Gasteiger partial charge in [0.15, 0.2) is 6.19 Å². The van der Waals surface area contributed by atoms with E-state index in [1.165, 1.54) is 0 Å². The molecule has 0 radical (unpaired) electrons. The average Bonchev–Trinajstić information content (AvgIpc) is 2.76. The maximum Gasteiger partial charge on any atom is 0.254 e. The minimum Gasteiger partial charge on any atom is -0.325 e. The molecule has 0 spiro atoms. The van der Waals surface area contributed by atoms with Gasteiger partial charge in [0.1, 0.15) is 11.6 Å². The number of rotatable bonds is 12. The van der Waals surface area contributed by atoms with Gasteiger partial charge in [0.05, 0.1) is 6.42 Å². The van der Waals surface area contributed by atoms with Gasteiger partial charge < -0.3 is 10.3 Å². The van der Waals surface area contributed by atoms with Crippen LogP contribution in [0.25, 0.3) is 0 Å². The quantitative estimate of drug-likeness (QED) is 0.157. The Hall–Kier alpha value is -3.54. The zero-order valence-electron chi connectivity index (χ0n) is 17.9. The number of unbranched alkanes of at least 4 members (excludes halogenated alkanes) is 4. The molecule has 164 valence electrons. The minimum absolute atomic E-state index is 0.0893. The van der Waals surface area contributed by atoms with E-state index in [0.717, 1.165) is 37.8 Å². The number of aromatic nitrogens is 3. The highest BCUT2D eigenvalue weighted by atomic mass is 16.1. The average molecular weight is 424 g/mol. The van der Waals surface area contributed by atoms with Crippen LogP contribution in [0, 0.1) is 11.5 Å². The summed E-state index contributed by atoms with van der Waals surface area (Å²) in [6.45, 7) is 2.50. The molecule has 2 rings (SSSR count). The molecule has 2 heterocycles. The van der Waals surface area contributed by atoms with E-state index >= 15 is 0 Å². The normalized spacial score (nSPS) is 11.0. The molecule has 31 heavy (non-hydrogen) atoms. The van der Waals surface area contributed by atoms with E-state index in [0.29, 0.717) is 36.7 Å². The van der Waals surface area contributed by atoms with Gasteiger partial charge in [0.25, 0.3) is 5.56 Å². The van der Waals surface area contributed by atoms with Crippen LogP contribution >= 0.6 is 0 Å². The van der Waals surface area contributed by atoms with Gasteiger partial charge in [0.2, 0.25) is 5.96 Å². The van der Waals surface area contributed by atoms with E-state index in [4.69, 9.17) is 5.26 Å². The van der Waals surface area contributed by atoms with Crippen molar-refractivity contribution in [2.24, 2.45) is 4.99 Å². The van der Waals surface area contributed by atoms with Crippen LogP contribution in [0.2, 0.25) is 0 Å². The fourth-order valence-electron chi connectivity index (χ4n) is 2.97. The molecule has 9 nitrogen and oxygen atoms in total. The monoisotopic (exact) mass is 423 g/mol. The molecular formula is C22H29N7O2. The summed E-state index contributed by atoms with van der Waals surface area (Å²) in [6, 6.07) is 3.59. The zero-order chi connectivity index (χ0) is 22.3. The summed E-state index contributed by atoms with van der Waals surface area (Å²) in [7, 11) is 0. The van der Waals surface area contributed by atoms with E-state index in [9.17, 15) is 9.59 Å². The predicted molar refractivity (Wildman–Crippen MR) is 120 cm³/mol. The van der Waals surface area contributed by atoms with Crippen molar-refractivity contribution in [2.45, 2.75) is 58.3 Å². The molecule has 0 aliphatic carbocycles. The summed E-state index contributed by atoms with van der Waals surface area (Å²) in [5.74, 6) is 0.941. The van der Waals surface area contributed by atoms with Crippen molar-refractivity contribution in [1.29, 1.82) is 5.26 Å². The van der Waals surface area contributed by atoms with Crippen LogP contribution in [-0.2, 0) is 17.6 Å². The first kappa shape index (κ1) is 23.7. The standard InChI is InChI=1S/C22H29N7O2/c1-2-17-15-26-20(29-21(17)31)14-19(30)8-6-4-3-5-7-11-25-22(27-16-23)28-18-9-12-24-13-10-18/h9-10,12-13,15H,2-8,11,14H2,1H3,(H,26,29,31)(H2,24,25,27,28). The third-order valence-electron chi connectivity index (χ3n) is 4.67. The first-order valence-electron chi connectivity index (χ1n) is 10.6. The molecule has 0 fully saturated rings. The molecule has 0 aliphatic heterocycles. The molecule has 2 aromatic rings. The highest BCUT2D eigenvalue weighted by Gasteiger charge is 2.07. The van der Waals surface area contributed by atoms with E-state index in [2.05, 4.69) is 30.6 Å². The Kier molecular flexibility index (Phi) is 10.4. The highest BCUT2D eigenvalue weighted by Crippen LogP contribution is 2.08. The van der Waals surface area contributed by atoms with E-state index in [1.54, 1.807) is 30.7 Å². The lowest BCUT2D eigenvalue weighted by atomic mass is 10.1. The molecule has 0 aromatic carbocycles. The largest absolute Gasteiger partial charge is 0.325 e. The maximum atomic E-state index is 12.1. The lowest BCUT2D eigenvalue weighted by Gasteiger charge is -2.07. The van der Waals surface area contributed by atoms with Gasteiger partial charge in [-0.15, -0.1) is 0 Å². The molecule has 0 saturated heterocycles. The number of anilines is 1. The second-order valence-electron chi connectivity index (χ2n) is 7.10. The lowest BCUT2D eigenvalue weighted by Crippen LogP contribution is -2.27. The number of guanidine groups is 1. The number of carbonyl (C=O) groups is 1. The molecule has 9 heteroatoms. The number of carbonyl (C=O) groups excluding carboxylic acids is 1.